The van der Waals surface area contributed by atoms with Crippen molar-refractivity contribution in [3.05, 3.63) is 28.5 Å². The van der Waals surface area contributed by atoms with Crippen LogP contribution in [0, 0.1) is 5.82 Å². The van der Waals surface area contributed by atoms with Gasteiger partial charge in [0.15, 0.2) is 11.9 Å². The van der Waals surface area contributed by atoms with Crippen LogP contribution in [-0.2, 0) is 4.79 Å². The Kier molecular flexibility index (Phi) is 3.63. The van der Waals surface area contributed by atoms with Gasteiger partial charge < -0.3 is 4.74 Å². The van der Waals surface area contributed by atoms with E-state index in [4.69, 9.17) is 4.74 Å². The molecule has 0 bridgehead atoms. The first-order valence-corrected chi connectivity index (χ1v) is 4.92. The molecule has 1 aromatic rings. The first kappa shape index (κ1) is 11.2. The molecule has 4 heteroatoms. The highest BCUT2D eigenvalue weighted by Crippen LogP contribution is 2.26. The van der Waals surface area contributed by atoms with Crippen LogP contribution in [0.1, 0.15) is 13.8 Å². The van der Waals surface area contributed by atoms with Gasteiger partial charge >= 0.3 is 0 Å². The fourth-order valence-electron chi connectivity index (χ4n) is 0.841. The molecule has 0 aliphatic heterocycles. The third kappa shape index (κ3) is 2.80. The lowest BCUT2D eigenvalue weighted by Crippen LogP contribution is -2.20. The fraction of sp³-hybridized carbons (Fsp3) is 0.300. The highest BCUT2D eigenvalue weighted by molar-refractivity contribution is 9.10. The van der Waals surface area contributed by atoms with Crippen LogP contribution in [-0.4, -0.2) is 11.9 Å². The molecule has 0 aliphatic rings. The van der Waals surface area contributed by atoms with Crippen LogP contribution in [0.5, 0.6) is 5.75 Å². The normalized spacial score (nSPS) is 12.3. The Morgan fingerprint density at radius 2 is 2.21 bits per heavy atom. The average molecular weight is 261 g/mol. The van der Waals surface area contributed by atoms with Crippen LogP contribution in [0.15, 0.2) is 22.7 Å². The van der Waals surface area contributed by atoms with Crippen LogP contribution in [0.25, 0.3) is 0 Å². The summed E-state index contributed by atoms with van der Waals surface area (Å²) in [5.74, 6) is -0.146. The fourth-order valence-corrected chi connectivity index (χ4v) is 1.18. The van der Waals surface area contributed by atoms with Gasteiger partial charge in [-0.3, -0.25) is 4.79 Å². The predicted molar refractivity (Wildman–Crippen MR) is 54.9 cm³/mol. The van der Waals surface area contributed by atoms with Crippen molar-refractivity contribution in [2.24, 2.45) is 0 Å². The highest BCUT2D eigenvalue weighted by atomic mass is 79.9. The summed E-state index contributed by atoms with van der Waals surface area (Å²) in [6, 6.07) is 4.09. The quantitative estimate of drug-likeness (QED) is 0.836. The third-order valence-electron chi connectivity index (χ3n) is 1.77. The van der Waals surface area contributed by atoms with Crippen molar-refractivity contribution in [3.8, 4) is 5.75 Å². The van der Waals surface area contributed by atoms with Gasteiger partial charge in [-0.05, 0) is 41.9 Å². The summed E-state index contributed by atoms with van der Waals surface area (Å²) in [7, 11) is 0. The average Bonchev–Trinajstić information content (AvgIpc) is 2.11. The summed E-state index contributed by atoms with van der Waals surface area (Å²) in [4.78, 5) is 10.9. The van der Waals surface area contributed by atoms with Crippen molar-refractivity contribution in [3.63, 3.8) is 0 Å². The van der Waals surface area contributed by atoms with Crippen LogP contribution < -0.4 is 4.74 Å². The molecule has 0 amide bonds. The van der Waals surface area contributed by atoms with Crippen LogP contribution >= 0.6 is 15.9 Å². The molecule has 0 radical (unpaired) electrons. The predicted octanol–water partition coefficient (Wildman–Crippen LogP) is 2.94. The number of benzene rings is 1. The van der Waals surface area contributed by atoms with E-state index in [1.165, 1.54) is 25.1 Å². The van der Waals surface area contributed by atoms with Crippen molar-refractivity contribution in [2.45, 2.75) is 20.0 Å². The zero-order valence-corrected chi connectivity index (χ0v) is 9.47. The molecule has 0 spiro atoms. The van der Waals surface area contributed by atoms with E-state index in [1.807, 2.05) is 0 Å². The van der Waals surface area contributed by atoms with E-state index in [9.17, 15) is 9.18 Å². The van der Waals surface area contributed by atoms with Gasteiger partial charge in [0.2, 0.25) is 0 Å². The van der Waals surface area contributed by atoms with Crippen molar-refractivity contribution < 1.29 is 13.9 Å². The molecule has 0 aliphatic carbocycles. The SMILES string of the molecule is CC(=O)C(C)Oc1cc(F)ccc1Br. The summed E-state index contributed by atoms with van der Waals surface area (Å²) in [6.45, 7) is 3.05. The molecular weight excluding hydrogens is 251 g/mol. The lowest BCUT2D eigenvalue weighted by Gasteiger charge is -2.12. The van der Waals surface area contributed by atoms with Gasteiger partial charge in [-0.2, -0.15) is 0 Å². The van der Waals surface area contributed by atoms with E-state index in [1.54, 1.807) is 6.92 Å². The molecule has 0 saturated heterocycles. The summed E-state index contributed by atoms with van der Waals surface area (Å²) in [5.41, 5.74) is 0. The number of carbonyl (C=O) groups is 1. The molecule has 1 atom stereocenters. The molecule has 1 unspecified atom stereocenters. The Bertz CT molecular complexity index is 352. The molecule has 1 aromatic carbocycles. The maximum absolute atomic E-state index is 12.8. The lowest BCUT2D eigenvalue weighted by molar-refractivity contribution is -0.122. The largest absolute Gasteiger partial charge is 0.482 e. The molecule has 1 rings (SSSR count). The number of carbonyl (C=O) groups excluding carboxylic acids is 1. The Labute approximate surface area is 90.2 Å². The van der Waals surface area contributed by atoms with E-state index in [0.29, 0.717) is 10.2 Å². The molecule has 14 heavy (non-hydrogen) atoms. The number of halogens is 2. The maximum atomic E-state index is 12.8. The molecule has 0 saturated carbocycles. The summed E-state index contributed by atoms with van der Waals surface area (Å²) in [6.07, 6.45) is -0.562. The van der Waals surface area contributed by atoms with Gasteiger partial charge in [-0.15, -0.1) is 0 Å². The molecule has 0 aromatic heterocycles. The van der Waals surface area contributed by atoms with Crippen molar-refractivity contribution >= 4 is 21.7 Å². The molecule has 0 fully saturated rings. The van der Waals surface area contributed by atoms with E-state index in [-0.39, 0.29) is 11.6 Å². The Morgan fingerprint density at radius 1 is 1.57 bits per heavy atom. The molecule has 2 nitrogen and oxygen atoms in total. The van der Waals surface area contributed by atoms with Gasteiger partial charge in [0, 0.05) is 6.07 Å². The first-order valence-electron chi connectivity index (χ1n) is 4.13. The van der Waals surface area contributed by atoms with Crippen molar-refractivity contribution in [1.29, 1.82) is 0 Å². The van der Waals surface area contributed by atoms with E-state index < -0.39 is 6.10 Å². The maximum Gasteiger partial charge on any atom is 0.169 e. The number of hydrogen-bond acceptors (Lipinski definition) is 2. The van der Waals surface area contributed by atoms with Gasteiger partial charge in [0.25, 0.3) is 0 Å². The first-order chi connectivity index (χ1) is 6.50. The molecule has 0 N–H and O–H groups in total. The zero-order chi connectivity index (χ0) is 10.7. The van der Waals surface area contributed by atoms with E-state index >= 15 is 0 Å². The second-order valence-corrected chi connectivity index (χ2v) is 3.80. The lowest BCUT2D eigenvalue weighted by atomic mass is 10.3. The number of ketones is 1. The van der Waals surface area contributed by atoms with Gasteiger partial charge in [-0.1, -0.05) is 0 Å². The van der Waals surface area contributed by atoms with Crippen molar-refractivity contribution in [1.82, 2.24) is 0 Å². The second kappa shape index (κ2) is 4.55. The van der Waals surface area contributed by atoms with Crippen molar-refractivity contribution in [2.75, 3.05) is 0 Å². The minimum absolute atomic E-state index is 0.0961. The number of Topliss-reactive ketones (excluding diaryl/α,β-unsaturated/α-hetero) is 1. The number of hydrogen-bond donors (Lipinski definition) is 0. The Hall–Kier alpha value is -0.900. The number of rotatable bonds is 3. The topological polar surface area (TPSA) is 26.3 Å². The minimum Gasteiger partial charge on any atom is -0.482 e. The van der Waals surface area contributed by atoms with Gasteiger partial charge in [-0.25, -0.2) is 4.39 Å². The molecule has 0 heterocycles. The van der Waals surface area contributed by atoms with E-state index in [0.717, 1.165) is 0 Å². The Morgan fingerprint density at radius 3 is 2.79 bits per heavy atom. The standard InChI is InChI=1S/C10H10BrFO2/c1-6(13)7(2)14-10-5-8(12)3-4-9(10)11/h3-5,7H,1-2H3. The second-order valence-electron chi connectivity index (χ2n) is 2.95. The monoisotopic (exact) mass is 260 g/mol. The highest BCUT2D eigenvalue weighted by Gasteiger charge is 2.11. The smallest absolute Gasteiger partial charge is 0.169 e. The molecule has 76 valence electrons. The summed E-state index contributed by atoms with van der Waals surface area (Å²) >= 11 is 3.21. The van der Waals surface area contributed by atoms with Gasteiger partial charge in [0.05, 0.1) is 4.47 Å². The molecular formula is C10H10BrFO2. The zero-order valence-electron chi connectivity index (χ0n) is 7.88. The minimum atomic E-state index is -0.562. The van der Waals surface area contributed by atoms with Crippen LogP contribution in [0.3, 0.4) is 0 Å². The Balaban J connectivity index is 2.85. The summed E-state index contributed by atoms with van der Waals surface area (Å²) in [5, 5.41) is 0. The van der Waals surface area contributed by atoms with Gasteiger partial charge in [0.1, 0.15) is 11.6 Å². The van der Waals surface area contributed by atoms with E-state index in [2.05, 4.69) is 15.9 Å². The van der Waals surface area contributed by atoms with Crippen LogP contribution in [0.2, 0.25) is 0 Å². The number of ether oxygens (including phenoxy) is 1. The summed E-state index contributed by atoms with van der Waals surface area (Å²) < 4.78 is 18.7. The third-order valence-corrected chi connectivity index (χ3v) is 2.42. The van der Waals surface area contributed by atoms with Crippen LogP contribution in [0.4, 0.5) is 4.39 Å².